The lowest BCUT2D eigenvalue weighted by Crippen LogP contribution is -1.98. The highest BCUT2D eigenvalue weighted by atomic mass is 35.5. The molecule has 82 valence electrons. The van der Waals surface area contributed by atoms with Gasteiger partial charge in [-0.2, -0.15) is 0 Å². The lowest BCUT2D eigenvalue weighted by molar-refractivity contribution is 0.181. The van der Waals surface area contributed by atoms with E-state index in [4.69, 9.17) is 23.2 Å². The van der Waals surface area contributed by atoms with E-state index in [9.17, 15) is 5.11 Å². The quantitative estimate of drug-likeness (QED) is 0.783. The molecule has 0 aliphatic carbocycles. The summed E-state index contributed by atoms with van der Waals surface area (Å²) < 4.78 is 0. The largest absolute Gasteiger partial charge is 0.388 e. The summed E-state index contributed by atoms with van der Waals surface area (Å²) >= 11 is 11.9. The maximum Gasteiger partial charge on any atom is 0.0853 e. The number of aliphatic hydroxyl groups is 1. The van der Waals surface area contributed by atoms with Crippen molar-refractivity contribution in [1.82, 2.24) is 0 Å². The first kappa shape index (κ1) is 12.6. The van der Waals surface area contributed by atoms with Crippen LogP contribution in [0.1, 0.15) is 31.9 Å². The van der Waals surface area contributed by atoms with Crippen LogP contribution in [0.5, 0.6) is 0 Å². The van der Waals surface area contributed by atoms with Gasteiger partial charge in [0.1, 0.15) is 0 Å². The first-order valence-electron chi connectivity index (χ1n) is 4.77. The summed E-state index contributed by atoms with van der Waals surface area (Å²) in [6.45, 7) is 3.97. The molecule has 1 aromatic carbocycles. The van der Waals surface area contributed by atoms with Crippen molar-refractivity contribution in [2.75, 3.05) is 0 Å². The molecule has 1 N–H and O–H groups in total. The van der Waals surface area contributed by atoms with E-state index in [0.717, 1.165) is 5.57 Å². The standard InChI is InChI=1S/C12H14Cl2O/c1-8(2)6-7-11(15)12-9(13)4-3-5-10(12)14/h3-6,11,15H,7H2,1-2H3. The van der Waals surface area contributed by atoms with E-state index in [1.807, 2.05) is 19.9 Å². The summed E-state index contributed by atoms with van der Waals surface area (Å²) in [6, 6.07) is 5.23. The summed E-state index contributed by atoms with van der Waals surface area (Å²) in [6.07, 6.45) is 1.86. The second kappa shape index (κ2) is 5.55. The summed E-state index contributed by atoms with van der Waals surface area (Å²) in [5, 5.41) is 10.9. The Bertz CT molecular complexity index is 348. The lowest BCUT2D eigenvalue weighted by Gasteiger charge is -2.12. The number of rotatable bonds is 3. The van der Waals surface area contributed by atoms with E-state index in [0.29, 0.717) is 22.0 Å². The van der Waals surface area contributed by atoms with Crippen LogP contribution in [-0.2, 0) is 0 Å². The van der Waals surface area contributed by atoms with Gasteiger partial charge in [0.15, 0.2) is 0 Å². The van der Waals surface area contributed by atoms with Gasteiger partial charge in [-0.1, -0.05) is 40.9 Å². The Morgan fingerprint density at radius 1 is 1.33 bits per heavy atom. The lowest BCUT2D eigenvalue weighted by atomic mass is 10.1. The van der Waals surface area contributed by atoms with Gasteiger partial charge in [-0.15, -0.1) is 0 Å². The molecule has 0 saturated carbocycles. The average molecular weight is 245 g/mol. The van der Waals surface area contributed by atoms with Gasteiger partial charge >= 0.3 is 0 Å². The van der Waals surface area contributed by atoms with Crippen LogP contribution >= 0.6 is 23.2 Å². The molecule has 0 fully saturated rings. The zero-order valence-corrected chi connectivity index (χ0v) is 10.3. The van der Waals surface area contributed by atoms with Crippen molar-refractivity contribution < 1.29 is 5.11 Å². The number of hydrogen-bond acceptors (Lipinski definition) is 1. The molecule has 0 heterocycles. The minimum atomic E-state index is -0.638. The molecule has 3 heteroatoms. The van der Waals surface area contributed by atoms with Crippen LogP contribution in [0.2, 0.25) is 10.0 Å². The molecule has 1 nitrogen and oxygen atoms in total. The molecule has 0 spiro atoms. The minimum absolute atomic E-state index is 0.511. The Kier molecular flexibility index (Phi) is 4.65. The molecule has 1 rings (SSSR count). The molecule has 0 saturated heterocycles. The monoisotopic (exact) mass is 244 g/mol. The highest BCUT2D eigenvalue weighted by Gasteiger charge is 2.13. The molecule has 0 aliphatic rings. The molecule has 0 radical (unpaired) electrons. The van der Waals surface area contributed by atoms with Gasteiger partial charge in [0.05, 0.1) is 6.10 Å². The number of aliphatic hydroxyl groups excluding tert-OH is 1. The van der Waals surface area contributed by atoms with Crippen LogP contribution < -0.4 is 0 Å². The van der Waals surface area contributed by atoms with Crippen LogP contribution in [0.3, 0.4) is 0 Å². The predicted octanol–water partition coefficient (Wildman–Crippen LogP) is 4.38. The summed E-state index contributed by atoms with van der Waals surface area (Å²) in [5.41, 5.74) is 1.77. The fourth-order valence-electron chi connectivity index (χ4n) is 1.29. The molecular weight excluding hydrogens is 231 g/mol. The Hall–Kier alpha value is -0.500. The zero-order chi connectivity index (χ0) is 11.4. The number of benzene rings is 1. The van der Waals surface area contributed by atoms with Gasteiger partial charge in [0.25, 0.3) is 0 Å². The van der Waals surface area contributed by atoms with Crippen molar-refractivity contribution in [1.29, 1.82) is 0 Å². The second-order valence-electron chi connectivity index (χ2n) is 3.67. The van der Waals surface area contributed by atoms with E-state index in [1.165, 1.54) is 0 Å². The molecular formula is C12H14Cl2O. The Morgan fingerprint density at radius 3 is 2.33 bits per heavy atom. The van der Waals surface area contributed by atoms with Gasteiger partial charge in [-0.3, -0.25) is 0 Å². The molecule has 1 unspecified atom stereocenters. The van der Waals surface area contributed by atoms with Crippen LogP contribution in [-0.4, -0.2) is 5.11 Å². The number of halogens is 2. The predicted molar refractivity (Wildman–Crippen MR) is 65.5 cm³/mol. The number of hydrogen-bond donors (Lipinski definition) is 1. The van der Waals surface area contributed by atoms with Gasteiger partial charge in [-0.25, -0.2) is 0 Å². The van der Waals surface area contributed by atoms with Gasteiger partial charge in [0, 0.05) is 15.6 Å². The third-order valence-corrected chi connectivity index (χ3v) is 2.74. The Morgan fingerprint density at radius 2 is 1.87 bits per heavy atom. The Labute approximate surface area is 100 Å². The third-order valence-electron chi connectivity index (χ3n) is 2.08. The van der Waals surface area contributed by atoms with Crippen molar-refractivity contribution in [3.05, 3.63) is 45.5 Å². The topological polar surface area (TPSA) is 20.2 Å². The third kappa shape index (κ3) is 3.53. The summed E-state index contributed by atoms with van der Waals surface area (Å²) in [7, 11) is 0. The van der Waals surface area contributed by atoms with Gasteiger partial charge in [-0.05, 0) is 32.4 Å². The highest BCUT2D eigenvalue weighted by molar-refractivity contribution is 6.36. The minimum Gasteiger partial charge on any atom is -0.388 e. The van der Waals surface area contributed by atoms with Gasteiger partial charge in [0.2, 0.25) is 0 Å². The maximum absolute atomic E-state index is 9.92. The van der Waals surface area contributed by atoms with Crippen LogP contribution in [0.15, 0.2) is 29.8 Å². The highest BCUT2D eigenvalue weighted by Crippen LogP contribution is 2.32. The maximum atomic E-state index is 9.92. The molecule has 0 amide bonds. The molecule has 0 bridgehead atoms. The molecule has 1 aromatic rings. The first-order chi connectivity index (χ1) is 7.02. The Balaban J connectivity index is 2.91. The van der Waals surface area contributed by atoms with E-state index >= 15 is 0 Å². The van der Waals surface area contributed by atoms with Crippen molar-refractivity contribution in [3.8, 4) is 0 Å². The molecule has 0 aliphatic heterocycles. The van der Waals surface area contributed by atoms with E-state index < -0.39 is 6.10 Å². The first-order valence-corrected chi connectivity index (χ1v) is 5.53. The fraction of sp³-hybridized carbons (Fsp3) is 0.333. The number of allylic oxidation sites excluding steroid dienone is 1. The normalized spacial score (nSPS) is 12.3. The smallest absolute Gasteiger partial charge is 0.0853 e. The SMILES string of the molecule is CC(C)=CCC(O)c1c(Cl)cccc1Cl. The van der Waals surface area contributed by atoms with Crippen LogP contribution in [0.25, 0.3) is 0 Å². The van der Waals surface area contributed by atoms with E-state index in [1.54, 1.807) is 18.2 Å². The van der Waals surface area contributed by atoms with Crippen molar-refractivity contribution in [2.45, 2.75) is 26.4 Å². The second-order valence-corrected chi connectivity index (χ2v) is 4.48. The molecule has 0 aromatic heterocycles. The van der Waals surface area contributed by atoms with Crippen molar-refractivity contribution >= 4 is 23.2 Å². The summed E-state index contributed by atoms with van der Waals surface area (Å²) in [4.78, 5) is 0. The van der Waals surface area contributed by atoms with Gasteiger partial charge < -0.3 is 5.11 Å². The molecule has 1 atom stereocenters. The summed E-state index contributed by atoms with van der Waals surface area (Å²) in [5.74, 6) is 0. The van der Waals surface area contributed by atoms with Crippen LogP contribution in [0, 0.1) is 0 Å². The average Bonchev–Trinajstić information content (AvgIpc) is 2.14. The fourth-order valence-corrected chi connectivity index (χ4v) is 1.94. The van der Waals surface area contributed by atoms with Crippen molar-refractivity contribution in [2.24, 2.45) is 0 Å². The molecule has 15 heavy (non-hydrogen) atoms. The van der Waals surface area contributed by atoms with Crippen LogP contribution in [0.4, 0.5) is 0 Å². The van der Waals surface area contributed by atoms with Crippen molar-refractivity contribution in [3.63, 3.8) is 0 Å². The van der Waals surface area contributed by atoms with E-state index in [-0.39, 0.29) is 0 Å². The zero-order valence-electron chi connectivity index (χ0n) is 8.80. The van der Waals surface area contributed by atoms with E-state index in [2.05, 4.69) is 0 Å².